The second-order valence-electron chi connectivity index (χ2n) is 9.89. The van der Waals surface area contributed by atoms with E-state index in [-0.39, 0.29) is 11.2 Å². The highest BCUT2D eigenvalue weighted by atomic mass is 32.1. The molecule has 0 fully saturated rings. The number of carbonyl (C=O) groups is 1. The topological polar surface area (TPSA) is 44.4 Å². The summed E-state index contributed by atoms with van der Waals surface area (Å²) in [5, 5.41) is 7.05. The molecule has 3 rings (SSSR count). The van der Waals surface area contributed by atoms with Crippen molar-refractivity contribution in [1.82, 2.24) is 5.32 Å². The highest BCUT2D eigenvalue weighted by Crippen LogP contribution is 2.23. The van der Waals surface area contributed by atoms with E-state index >= 15 is 0 Å². The maximum absolute atomic E-state index is 13.0. The lowest BCUT2D eigenvalue weighted by Gasteiger charge is -2.23. The van der Waals surface area contributed by atoms with Crippen LogP contribution in [0.5, 0.6) is 0 Å². The van der Waals surface area contributed by atoms with Gasteiger partial charge in [0.05, 0.1) is 0 Å². The number of hydrogen-bond acceptors (Lipinski definition) is 3. The lowest BCUT2D eigenvalue weighted by atomic mass is 9.86. The molecule has 0 aliphatic rings. The van der Waals surface area contributed by atoms with Gasteiger partial charge in [-0.05, 0) is 67.7 Å². The van der Waals surface area contributed by atoms with Crippen molar-refractivity contribution in [2.45, 2.75) is 46.5 Å². The number of nitrogens with one attached hydrogen (secondary N) is 2. The van der Waals surface area contributed by atoms with Crippen molar-refractivity contribution in [3.05, 3.63) is 95.1 Å². The first-order valence-electron chi connectivity index (χ1n) is 12.3. The van der Waals surface area contributed by atoms with Crippen LogP contribution in [0.1, 0.15) is 61.2 Å². The third kappa shape index (κ3) is 7.66. The van der Waals surface area contributed by atoms with Gasteiger partial charge in [-0.15, -0.1) is 0 Å². The van der Waals surface area contributed by atoms with E-state index in [1.165, 1.54) is 16.8 Å². The van der Waals surface area contributed by atoms with Crippen LogP contribution in [0.15, 0.2) is 72.8 Å². The Morgan fingerprint density at radius 2 is 1.63 bits per heavy atom. The summed E-state index contributed by atoms with van der Waals surface area (Å²) in [5.41, 5.74) is 5.91. The molecule has 0 heterocycles. The molecule has 3 aromatic rings. The van der Waals surface area contributed by atoms with Gasteiger partial charge in [-0.25, -0.2) is 0 Å². The third-order valence-electron chi connectivity index (χ3n) is 6.07. The van der Waals surface area contributed by atoms with Crippen molar-refractivity contribution in [2.75, 3.05) is 29.9 Å². The Morgan fingerprint density at radius 1 is 0.943 bits per heavy atom. The molecule has 35 heavy (non-hydrogen) atoms. The summed E-state index contributed by atoms with van der Waals surface area (Å²) < 4.78 is 0. The maximum Gasteiger partial charge on any atom is 0.193 e. The number of aryl methyl sites for hydroxylation is 1. The molecule has 0 aromatic heterocycles. The molecular formula is C30H37N3OS. The zero-order valence-electron chi connectivity index (χ0n) is 21.5. The minimum Gasteiger partial charge on any atom is -0.372 e. The number of ketones is 1. The van der Waals surface area contributed by atoms with Gasteiger partial charge < -0.3 is 15.5 Å². The van der Waals surface area contributed by atoms with Gasteiger partial charge >= 0.3 is 0 Å². The SMILES string of the molecule is CCN(CCCNC(=S)Nc1cccc(C(=O)c2ccc(C(C)(C)C)cc2)c1)c1ccc(C)cc1. The molecule has 184 valence electrons. The molecule has 5 heteroatoms. The van der Waals surface area contributed by atoms with Crippen LogP contribution in [-0.4, -0.2) is 30.5 Å². The van der Waals surface area contributed by atoms with Gasteiger partial charge in [-0.3, -0.25) is 4.79 Å². The van der Waals surface area contributed by atoms with Crippen LogP contribution in [0.4, 0.5) is 11.4 Å². The van der Waals surface area contributed by atoms with Gasteiger partial charge in [0.1, 0.15) is 0 Å². The van der Waals surface area contributed by atoms with Gasteiger partial charge in [0.15, 0.2) is 10.9 Å². The Balaban J connectivity index is 1.51. The average Bonchev–Trinajstić information content (AvgIpc) is 2.84. The molecule has 0 spiro atoms. The van der Waals surface area contributed by atoms with Crippen LogP contribution in [-0.2, 0) is 5.41 Å². The highest BCUT2D eigenvalue weighted by Gasteiger charge is 2.15. The molecule has 3 aromatic carbocycles. The zero-order chi connectivity index (χ0) is 25.4. The molecular weight excluding hydrogens is 450 g/mol. The Bertz CT molecular complexity index is 1130. The molecule has 0 unspecified atom stereocenters. The number of carbonyl (C=O) groups excluding carboxylic acids is 1. The predicted octanol–water partition coefficient (Wildman–Crippen LogP) is 6.73. The van der Waals surface area contributed by atoms with Crippen LogP contribution < -0.4 is 15.5 Å². The van der Waals surface area contributed by atoms with Crippen molar-refractivity contribution in [3.8, 4) is 0 Å². The Hall–Kier alpha value is -3.18. The second-order valence-corrected chi connectivity index (χ2v) is 10.3. The van der Waals surface area contributed by atoms with Gasteiger partial charge in [-0.2, -0.15) is 0 Å². The lowest BCUT2D eigenvalue weighted by Crippen LogP contribution is -2.32. The molecule has 2 N–H and O–H groups in total. The summed E-state index contributed by atoms with van der Waals surface area (Å²) in [6.45, 7) is 13.5. The quantitative estimate of drug-likeness (QED) is 0.199. The molecule has 0 radical (unpaired) electrons. The van der Waals surface area contributed by atoms with E-state index in [1.807, 2.05) is 48.5 Å². The van der Waals surface area contributed by atoms with Crippen molar-refractivity contribution >= 4 is 34.5 Å². The van der Waals surface area contributed by atoms with Crippen molar-refractivity contribution in [2.24, 2.45) is 0 Å². The van der Waals surface area contributed by atoms with Crippen LogP contribution in [0.2, 0.25) is 0 Å². The molecule has 0 amide bonds. The highest BCUT2D eigenvalue weighted by molar-refractivity contribution is 7.80. The molecule has 0 saturated carbocycles. The molecule has 4 nitrogen and oxygen atoms in total. The van der Waals surface area contributed by atoms with Gasteiger partial charge in [0.2, 0.25) is 0 Å². The predicted molar refractivity (Wildman–Crippen MR) is 153 cm³/mol. The molecule has 0 bridgehead atoms. The van der Waals surface area contributed by atoms with E-state index in [4.69, 9.17) is 12.2 Å². The van der Waals surface area contributed by atoms with Crippen LogP contribution in [0.25, 0.3) is 0 Å². The van der Waals surface area contributed by atoms with E-state index in [9.17, 15) is 4.79 Å². The zero-order valence-corrected chi connectivity index (χ0v) is 22.3. The summed E-state index contributed by atoms with van der Waals surface area (Å²) in [4.78, 5) is 15.4. The number of benzene rings is 3. The van der Waals surface area contributed by atoms with Gasteiger partial charge in [0, 0.05) is 42.1 Å². The molecule has 0 aliphatic heterocycles. The van der Waals surface area contributed by atoms with Crippen molar-refractivity contribution < 1.29 is 4.79 Å². The summed E-state index contributed by atoms with van der Waals surface area (Å²) in [5.74, 6) is 0.00347. The Labute approximate surface area is 215 Å². The Morgan fingerprint density at radius 3 is 2.26 bits per heavy atom. The fourth-order valence-corrected chi connectivity index (χ4v) is 4.12. The third-order valence-corrected chi connectivity index (χ3v) is 6.31. The summed E-state index contributed by atoms with van der Waals surface area (Å²) in [6.07, 6.45) is 0.965. The number of thiocarbonyl (C=S) groups is 1. The first kappa shape index (κ1) is 26.4. The number of rotatable bonds is 9. The van der Waals surface area contributed by atoms with E-state index in [0.29, 0.717) is 16.2 Å². The van der Waals surface area contributed by atoms with Gasteiger partial charge in [-0.1, -0.05) is 74.9 Å². The second kappa shape index (κ2) is 12.0. The minimum absolute atomic E-state index is 0.00347. The van der Waals surface area contributed by atoms with Crippen molar-refractivity contribution in [3.63, 3.8) is 0 Å². The standard InChI is InChI=1S/C30H37N3OS/c1-6-33(27-17-11-22(2)12-18-27)20-8-19-31-29(35)32-26-10-7-9-24(21-26)28(34)23-13-15-25(16-14-23)30(3,4)5/h7,9-18,21H,6,8,19-20H2,1-5H3,(H2,31,32,35). The van der Waals surface area contributed by atoms with Crippen LogP contribution >= 0.6 is 12.2 Å². The average molecular weight is 488 g/mol. The summed E-state index contributed by atoms with van der Waals surface area (Å²) >= 11 is 5.48. The van der Waals surface area contributed by atoms with Crippen molar-refractivity contribution in [1.29, 1.82) is 0 Å². The molecule has 0 saturated heterocycles. The number of anilines is 2. The van der Waals surface area contributed by atoms with Gasteiger partial charge in [0.25, 0.3) is 0 Å². The van der Waals surface area contributed by atoms with Crippen LogP contribution in [0, 0.1) is 6.92 Å². The molecule has 0 atom stereocenters. The van der Waals surface area contributed by atoms with E-state index in [0.717, 1.165) is 31.7 Å². The Kier molecular flexibility index (Phi) is 9.05. The number of hydrogen-bond donors (Lipinski definition) is 2. The first-order chi connectivity index (χ1) is 16.7. The fraction of sp³-hybridized carbons (Fsp3) is 0.333. The lowest BCUT2D eigenvalue weighted by molar-refractivity contribution is 0.103. The van der Waals surface area contributed by atoms with E-state index in [2.05, 4.69) is 74.4 Å². The summed E-state index contributed by atoms with van der Waals surface area (Å²) in [7, 11) is 0. The monoisotopic (exact) mass is 487 g/mol. The smallest absolute Gasteiger partial charge is 0.193 e. The van der Waals surface area contributed by atoms with E-state index < -0.39 is 0 Å². The number of nitrogens with zero attached hydrogens (tertiary/aromatic N) is 1. The maximum atomic E-state index is 13.0. The van der Waals surface area contributed by atoms with E-state index in [1.54, 1.807) is 0 Å². The fourth-order valence-electron chi connectivity index (χ4n) is 3.90. The minimum atomic E-state index is 0.00347. The summed E-state index contributed by atoms with van der Waals surface area (Å²) in [6, 6.07) is 24.0. The first-order valence-corrected chi connectivity index (χ1v) is 12.7. The van der Waals surface area contributed by atoms with Crippen LogP contribution in [0.3, 0.4) is 0 Å². The molecule has 0 aliphatic carbocycles. The largest absolute Gasteiger partial charge is 0.372 e. The normalized spacial score (nSPS) is 11.1.